The van der Waals surface area contributed by atoms with Gasteiger partial charge in [-0.2, -0.15) is 0 Å². The zero-order valence-corrected chi connectivity index (χ0v) is 19.5. The van der Waals surface area contributed by atoms with Crippen LogP contribution in [-0.2, 0) is 20.7 Å². The number of carbonyl (C=O) groups is 3. The fraction of sp³-hybridized carbons (Fsp3) is 0.348. The van der Waals surface area contributed by atoms with Gasteiger partial charge in [0.05, 0.1) is 0 Å². The molecule has 0 saturated heterocycles. The van der Waals surface area contributed by atoms with Crippen LogP contribution in [0.25, 0.3) is 0 Å². The molecular weight excluding hydrogens is 462 g/mol. The summed E-state index contributed by atoms with van der Waals surface area (Å²) in [5.41, 5.74) is 1.78. The molecular formula is C23H28BrN3O4. The number of benzene rings is 2. The van der Waals surface area contributed by atoms with Gasteiger partial charge in [-0.25, -0.2) is 4.79 Å². The molecule has 0 radical (unpaired) electrons. The SMILES string of the molecule is CC(C)(C)OC(=O)NCCC(=O)Nc1ccc(NC(=O)CCc2ccc(Br)cc2)cc1. The summed E-state index contributed by atoms with van der Waals surface area (Å²) in [5, 5.41) is 8.14. The first-order valence-corrected chi connectivity index (χ1v) is 10.8. The standard InChI is InChI=1S/C23H28BrN3O4/c1-23(2,3)31-22(30)25-15-14-21(29)27-19-11-9-18(10-12-19)26-20(28)13-6-16-4-7-17(24)8-5-16/h4-5,7-12H,6,13-15H2,1-3H3,(H,25,30)(H,26,28)(H,27,29). The molecule has 0 aliphatic heterocycles. The van der Waals surface area contributed by atoms with Crippen molar-refractivity contribution >= 4 is 45.2 Å². The molecule has 0 bridgehead atoms. The third-order valence-corrected chi connectivity index (χ3v) is 4.56. The molecule has 8 heteroatoms. The highest BCUT2D eigenvalue weighted by Gasteiger charge is 2.15. The van der Waals surface area contributed by atoms with Gasteiger partial charge in [0.15, 0.2) is 0 Å². The van der Waals surface area contributed by atoms with Crippen LogP contribution in [0.2, 0.25) is 0 Å². The van der Waals surface area contributed by atoms with E-state index < -0.39 is 11.7 Å². The van der Waals surface area contributed by atoms with Crippen molar-refractivity contribution in [2.24, 2.45) is 0 Å². The first-order valence-electron chi connectivity index (χ1n) is 10.0. The van der Waals surface area contributed by atoms with E-state index in [1.807, 2.05) is 24.3 Å². The Hall–Kier alpha value is -2.87. The average Bonchev–Trinajstić information content (AvgIpc) is 2.67. The molecule has 0 aliphatic carbocycles. The van der Waals surface area contributed by atoms with Crippen LogP contribution in [0.15, 0.2) is 53.0 Å². The van der Waals surface area contributed by atoms with E-state index in [2.05, 4.69) is 31.9 Å². The summed E-state index contributed by atoms with van der Waals surface area (Å²) in [6.07, 6.45) is 0.601. The number of hydrogen-bond donors (Lipinski definition) is 3. The molecule has 0 spiro atoms. The third kappa shape index (κ3) is 10.1. The van der Waals surface area contributed by atoms with Crippen molar-refractivity contribution in [1.82, 2.24) is 5.32 Å². The maximum atomic E-state index is 12.1. The second kappa shape index (κ2) is 11.5. The molecule has 7 nitrogen and oxygen atoms in total. The van der Waals surface area contributed by atoms with Crippen molar-refractivity contribution in [3.8, 4) is 0 Å². The van der Waals surface area contributed by atoms with E-state index in [0.29, 0.717) is 24.2 Å². The lowest BCUT2D eigenvalue weighted by Gasteiger charge is -2.19. The molecule has 2 aromatic carbocycles. The molecule has 0 unspecified atom stereocenters. The van der Waals surface area contributed by atoms with E-state index in [1.54, 1.807) is 45.0 Å². The average molecular weight is 490 g/mol. The van der Waals surface area contributed by atoms with E-state index in [4.69, 9.17) is 4.74 Å². The van der Waals surface area contributed by atoms with E-state index in [9.17, 15) is 14.4 Å². The Labute approximate surface area is 191 Å². The van der Waals surface area contributed by atoms with Crippen LogP contribution in [-0.4, -0.2) is 30.1 Å². The third-order valence-electron chi connectivity index (χ3n) is 4.03. The smallest absolute Gasteiger partial charge is 0.407 e. The second-order valence-electron chi connectivity index (χ2n) is 7.98. The highest BCUT2D eigenvalue weighted by Crippen LogP contribution is 2.15. The lowest BCUT2D eigenvalue weighted by molar-refractivity contribution is -0.117. The highest BCUT2D eigenvalue weighted by molar-refractivity contribution is 9.10. The minimum absolute atomic E-state index is 0.0760. The summed E-state index contributed by atoms with van der Waals surface area (Å²) >= 11 is 3.39. The second-order valence-corrected chi connectivity index (χ2v) is 8.89. The molecule has 0 heterocycles. The first-order chi connectivity index (χ1) is 14.6. The van der Waals surface area contributed by atoms with Gasteiger partial charge in [-0.05, 0) is 69.2 Å². The van der Waals surface area contributed by atoms with E-state index in [1.165, 1.54) is 0 Å². The van der Waals surface area contributed by atoms with Gasteiger partial charge < -0.3 is 20.7 Å². The summed E-state index contributed by atoms with van der Waals surface area (Å²) in [4.78, 5) is 35.7. The van der Waals surface area contributed by atoms with Crippen molar-refractivity contribution in [2.45, 2.75) is 45.6 Å². The predicted molar refractivity (Wildman–Crippen MR) is 125 cm³/mol. The van der Waals surface area contributed by atoms with Gasteiger partial charge in [0.2, 0.25) is 11.8 Å². The number of rotatable bonds is 8. The molecule has 3 N–H and O–H groups in total. The monoisotopic (exact) mass is 489 g/mol. The first kappa shape index (κ1) is 24.4. The van der Waals surface area contributed by atoms with Crippen molar-refractivity contribution in [3.05, 3.63) is 58.6 Å². The number of amides is 3. The van der Waals surface area contributed by atoms with Crippen LogP contribution in [0.5, 0.6) is 0 Å². The summed E-state index contributed by atoms with van der Waals surface area (Å²) in [5.74, 6) is -0.310. The molecule has 166 valence electrons. The Morgan fingerprint density at radius 1 is 0.839 bits per heavy atom. The van der Waals surface area contributed by atoms with Gasteiger partial charge in [-0.15, -0.1) is 0 Å². The predicted octanol–water partition coefficient (Wildman–Crippen LogP) is 4.87. The molecule has 0 atom stereocenters. The fourth-order valence-corrected chi connectivity index (χ4v) is 2.85. The minimum atomic E-state index is -0.581. The Kier molecular flexibility index (Phi) is 9.05. The number of anilines is 2. The maximum Gasteiger partial charge on any atom is 0.407 e. The van der Waals surface area contributed by atoms with Crippen LogP contribution >= 0.6 is 15.9 Å². The quantitative estimate of drug-likeness (QED) is 0.492. The number of ether oxygens (including phenoxy) is 1. The highest BCUT2D eigenvalue weighted by atomic mass is 79.9. The summed E-state index contributed by atoms with van der Waals surface area (Å²) in [6, 6.07) is 14.8. The van der Waals surface area contributed by atoms with Gasteiger partial charge in [0, 0.05) is 35.2 Å². The van der Waals surface area contributed by atoms with Crippen LogP contribution in [0.4, 0.5) is 16.2 Å². The molecule has 0 aromatic heterocycles. The Bertz CT molecular complexity index is 891. The molecule has 2 rings (SSSR count). The molecule has 2 aromatic rings. The van der Waals surface area contributed by atoms with Gasteiger partial charge in [-0.3, -0.25) is 9.59 Å². The number of nitrogens with one attached hydrogen (secondary N) is 3. The minimum Gasteiger partial charge on any atom is -0.444 e. The number of alkyl carbamates (subject to hydrolysis) is 1. The van der Waals surface area contributed by atoms with Crippen molar-refractivity contribution in [1.29, 1.82) is 0 Å². The van der Waals surface area contributed by atoms with Gasteiger partial charge in [-0.1, -0.05) is 28.1 Å². The van der Waals surface area contributed by atoms with Crippen molar-refractivity contribution < 1.29 is 19.1 Å². The van der Waals surface area contributed by atoms with E-state index >= 15 is 0 Å². The van der Waals surface area contributed by atoms with Crippen LogP contribution < -0.4 is 16.0 Å². The van der Waals surface area contributed by atoms with Crippen LogP contribution in [0.1, 0.15) is 39.2 Å². The lowest BCUT2D eigenvalue weighted by Crippen LogP contribution is -2.34. The van der Waals surface area contributed by atoms with E-state index in [-0.39, 0.29) is 24.8 Å². The normalized spacial score (nSPS) is 10.8. The molecule has 0 aliphatic rings. The Morgan fingerprint density at radius 3 is 1.87 bits per heavy atom. The lowest BCUT2D eigenvalue weighted by atomic mass is 10.1. The summed E-state index contributed by atoms with van der Waals surface area (Å²) in [6.45, 7) is 5.49. The molecule has 31 heavy (non-hydrogen) atoms. The zero-order valence-electron chi connectivity index (χ0n) is 18.0. The fourth-order valence-electron chi connectivity index (χ4n) is 2.59. The maximum absolute atomic E-state index is 12.1. The summed E-state index contributed by atoms with van der Waals surface area (Å²) < 4.78 is 6.12. The Morgan fingerprint density at radius 2 is 1.35 bits per heavy atom. The molecule has 0 fully saturated rings. The van der Waals surface area contributed by atoms with Gasteiger partial charge in [0.25, 0.3) is 0 Å². The Balaban J connectivity index is 1.70. The molecule has 3 amide bonds. The summed E-state index contributed by atoms with van der Waals surface area (Å²) in [7, 11) is 0. The number of halogens is 1. The number of hydrogen-bond acceptors (Lipinski definition) is 4. The largest absolute Gasteiger partial charge is 0.444 e. The molecule has 0 saturated carbocycles. The van der Waals surface area contributed by atoms with Crippen LogP contribution in [0.3, 0.4) is 0 Å². The number of aryl methyl sites for hydroxylation is 1. The van der Waals surface area contributed by atoms with Gasteiger partial charge >= 0.3 is 6.09 Å². The van der Waals surface area contributed by atoms with Crippen molar-refractivity contribution in [2.75, 3.05) is 17.2 Å². The number of carbonyl (C=O) groups excluding carboxylic acids is 3. The van der Waals surface area contributed by atoms with E-state index in [0.717, 1.165) is 10.0 Å². The van der Waals surface area contributed by atoms with Gasteiger partial charge in [0.1, 0.15) is 5.60 Å². The van der Waals surface area contributed by atoms with Crippen LogP contribution in [0, 0.1) is 0 Å². The van der Waals surface area contributed by atoms with Crippen molar-refractivity contribution in [3.63, 3.8) is 0 Å². The topological polar surface area (TPSA) is 96.5 Å². The zero-order chi connectivity index (χ0) is 22.9.